The second kappa shape index (κ2) is 13.6. The van der Waals surface area contributed by atoms with E-state index in [1.54, 1.807) is 58.0 Å². The van der Waals surface area contributed by atoms with Gasteiger partial charge in [-0.05, 0) is 58.4 Å². The van der Waals surface area contributed by atoms with E-state index in [0.717, 1.165) is 0 Å². The zero-order chi connectivity index (χ0) is 25.8. The third kappa shape index (κ3) is 10.2. The molecule has 2 aromatic carbocycles. The van der Waals surface area contributed by atoms with Crippen molar-refractivity contribution < 1.29 is 28.6 Å². The number of hydrogen-bond acceptors (Lipinski definition) is 6. The molecule has 0 atom stereocenters. The molecule has 0 heterocycles. The molecule has 0 radical (unpaired) electrons. The fourth-order valence-corrected chi connectivity index (χ4v) is 2.74. The van der Waals surface area contributed by atoms with Crippen molar-refractivity contribution in [2.24, 2.45) is 4.99 Å². The first-order chi connectivity index (χ1) is 16.7. The zero-order valence-corrected chi connectivity index (χ0v) is 20.6. The van der Waals surface area contributed by atoms with Gasteiger partial charge in [0.05, 0.1) is 23.6 Å². The highest BCUT2D eigenvalue weighted by Crippen LogP contribution is 2.30. The van der Waals surface area contributed by atoms with E-state index in [1.807, 2.05) is 25.1 Å². The number of carbonyl (C=O) groups excluding carboxylic acids is 3. The van der Waals surface area contributed by atoms with Crippen molar-refractivity contribution in [3.05, 3.63) is 48.5 Å². The van der Waals surface area contributed by atoms with Crippen molar-refractivity contribution in [1.82, 2.24) is 5.32 Å². The van der Waals surface area contributed by atoms with Crippen molar-refractivity contribution in [2.45, 2.75) is 59.7 Å². The van der Waals surface area contributed by atoms with Gasteiger partial charge in [0.1, 0.15) is 11.5 Å². The number of benzene rings is 2. The molecule has 0 saturated heterocycles. The minimum Gasteiger partial charge on any atom is -0.457 e. The molecule has 2 aromatic rings. The Morgan fingerprint density at radius 2 is 1.54 bits per heavy atom. The lowest BCUT2D eigenvalue weighted by Crippen LogP contribution is -2.38. The number of anilines is 2. The fraction of sp³-hybridized carbons (Fsp3) is 0.360. The van der Waals surface area contributed by atoms with E-state index in [0.29, 0.717) is 35.7 Å². The first kappa shape index (κ1) is 27.2. The van der Waals surface area contributed by atoms with E-state index in [4.69, 9.17) is 14.2 Å². The SMILES string of the molecule is CCCC(=O)Nc1cc(Oc2ccccc2)ccc1NC(=NC(=O)OC(C)C)NC(=O)OC(C)C. The molecule has 3 amide bonds. The van der Waals surface area contributed by atoms with Gasteiger partial charge in [-0.3, -0.25) is 10.1 Å². The summed E-state index contributed by atoms with van der Waals surface area (Å²) in [7, 11) is 0. The second-order valence-corrected chi connectivity index (χ2v) is 8.02. The number of nitrogens with zero attached hydrogens (tertiary/aromatic N) is 1. The maximum Gasteiger partial charge on any atom is 0.437 e. The lowest BCUT2D eigenvalue weighted by atomic mass is 10.2. The van der Waals surface area contributed by atoms with Crippen LogP contribution in [0.2, 0.25) is 0 Å². The van der Waals surface area contributed by atoms with E-state index in [1.165, 1.54) is 0 Å². The van der Waals surface area contributed by atoms with Crippen LogP contribution in [0.3, 0.4) is 0 Å². The summed E-state index contributed by atoms with van der Waals surface area (Å²) in [6, 6.07) is 14.1. The van der Waals surface area contributed by atoms with Gasteiger partial charge < -0.3 is 24.8 Å². The van der Waals surface area contributed by atoms with Crippen LogP contribution in [0.15, 0.2) is 53.5 Å². The van der Waals surface area contributed by atoms with Crippen molar-refractivity contribution >= 4 is 35.4 Å². The van der Waals surface area contributed by atoms with Gasteiger partial charge in [0.15, 0.2) is 0 Å². The molecular weight excluding hydrogens is 452 g/mol. The summed E-state index contributed by atoms with van der Waals surface area (Å²) in [5, 5.41) is 8.07. The summed E-state index contributed by atoms with van der Waals surface area (Å²) in [5.41, 5.74) is 0.719. The lowest BCUT2D eigenvalue weighted by Gasteiger charge is -2.17. The van der Waals surface area contributed by atoms with Crippen LogP contribution in [0.1, 0.15) is 47.5 Å². The van der Waals surface area contributed by atoms with Crippen LogP contribution in [0, 0.1) is 0 Å². The predicted molar refractivity (Wildman–Crippen MR) is 134 cm³/mol. The molecule has 2 rings (SSSR count). The van der Waals surface area contributed by atoms with E-state index in [-0.39, 0.29) is 11.9 Å². The number of guanidine groups is 1. The number of nitrogens with one attached hydrogen (secondary N) is 3. The number of para-hydroxylation sites is 1. The van der Waals surface area contributed by atoms with E-state index >= 15 is 0 Å². The van der Waals surface area contributed by atoms with Crippen LogP contribution in [0.5, 0.6) is 11.5 Å². The Morgan fingerprint density at radius 1 is 0.857 bits per heavy atom. The summed E-state index contributed by atoms with van der Waals surface area (Å²) < 4.78 is 16.0. The first-order valence-corrected chi connectivity index (χ1v) is 11.4. The van der Waals surface area contributed by atoms with Gasteiger partial charge in [0.25, 0.3) is 0 Å². The molecule has 3 N–H and O–H groups in total. The third-order valence-corrected chi connectivity index (χ3v) is 4.08. The Balaban J connectivity index is 2.36. The largest absolute Gasteiger partial charge is 0.457 e. The minimum atomic E-state index is -0.909. The van der Waals surface area contributed by atoms with Crippen molar-refractivity contribution in [3.8, 4) is 11.5 Å². The van der Waals surface area contributed by atoms with Gasteiger partial charge in [-0.25, -0.2) is 9.59 Å². The van der Waals surface area contributed by atoms with Crippen LogP contribution in [-0.2, 0) is 14.3 Å². The molecule has 0 aromatic heterocycles. The van der Waals surface area contributed by atoms with Crippen LogP contribution in [-0.4, -0.2) is 36.3 Å². The molecule has 0 aliphatic carbocycles. The molecule has 10 heteroatoms. The van der Waals surface area contributed by atoms with Gasteiger partial charge in [-0.15, -0.1) is 4.99 Å². The van der Waals surface area contributed by atoms with E-state index in [9.17, 15) is 14.4 Å². The van der Waals surface area contributed by atoms with Crippen molar-refractivity contribution in [2.75, 3.05) is 10.6 Å². The summed E-state index contributed by atoms with van der Waals surface area (Å²) in [6.45, 7) is 8.61. The number of alkyl carbamates (subject to hydrolysis) is 1. The Morgan fingerprint density at radius 3 is 2.17 bits per heavy atom. The Hall–Kier alpha value is -4.08. The Labute approximate surface area is 205 Å². The maximum atomic E-state index is 12.3. The highest BCUT2D eigenvalue weighted by Gasteiger charge is 2.16. The molecular formula is C25H32N4O6. The number of ether oxygens (including phenoxy) is 3. The van der Waals surface area contributed by atoms with Crippen LogP contribution < -0.4 is 20.7 Å². The smallest absolute Gasteiger partial charge is 0.437 e. The number of carbonyl (C=O) groups is 3. The molecule has 0 fully saturated rings. The zero-order valence-electron chi connectivity index (χ0n) is 20.6. The molecule has 35 heavy (non-hydrogen) atoms. The standard InChI is InChI=1S/C25H32N4O6/c1-6-10-22(30)26-21-15-19(35-18-11-8-7-9-12-18)13-14-20(21)27-23(28-24(31)33-16(2)3)29-25(32)34-17(4)5/h7-9,11-17H,6,10H2,1-5H3,(H,26,30)(H2,27,28,29,31,32). The number of rotatable bonds is 8. The van der Waals surface area contributed by atoms with Crippen LogP contribution in [0.25, 0.3) is 0 Å². The summed E-state index contributed by atoms with van der Waals surface area (Å²) in [6.07, 6.45) is -1.56. The predicted octanol–water partition coefficient (Wildman–Crippen LogP) is 5.67. The normalized spacial score (nSPS) is 11.1. The van der Waals surface area contributed by atoms with Gasteiger partial charge in [0.2, 0.25) is 11.9 Å². The Bertz CT molecular complexity index is 1040. The van der Waals surface area contributed by atoms with Gasteiger partial charge >= 0.3 is 12.2 Å². The molecule has 0 spiro atoms. The number of amides is 3. The van der Waals surface area contributed by atoms with E-state index in [2.05, 4.69) is 20.9 Å². The number of hydrogen-bond donors (Lipinski definition) is 3. The maximum absolute atomic E-state index is 12.3. The monoisotopic (exact) mass is 484 g/mol. The van der Waals surface area contributed by atoms with Crippen LogP contribution >= 0.6 is 0 Å². The summed E-state index contributed by atoms with van der Waals surface area (Å²) in [4.78, 5) is 40.4. The summed E-state index contributed by atoms with van der Waals surface area (Å²) in [5.74, 6) is 0.649. The van der Waals surface area contributed by atoms with E-state index < -0.39 is 24.4 Å². The molecule has 0 saturated carbocycles. The average Bonchev–Trinajstić information content (AvgIpc) is 2.75. The first-order valence-electron chi connectivity index (χ1n) is 11.4. The van der Waals surface area contributed by atoms with Gasteiger partial charge in [0, 0.05) is 12.5 Å². The topological polar surface area (TPSA) is 127 Å². The molecule has 10 nitrogen and oxygen atoms in total. The van der Waals surface area contributed by atoms with Gasteiger partial charge in [-0.2, -0.15) is 0 Å². The number of aliphatic imine (C=N–C) groups is 1. The minimum absolute atomic E-state index is 0.211. The van der Waals surface area contributed by atoms with Gasteiger partial charge in [-0.1, -0.05) is 25.1 Å². The fourth-order valence-electron chi connectivity index (χ4n) is 2.74. The lowest BCUT2D eigenvalue weighted by molar-refractivity contribution is -0.116. The molecule has 0 unspecified atom stereocenters. The average molecular weight is 485 g/mol. The Kier molecular flexibility index (Phi) is 10.5. The highest BCUT2D eigenvalue weighted by molar-refractivity contribution is 6.08. The summed E-state index contributed by atoms with van der Waals surface area (Å²) >= 11 is 0. The van der Waals surface area contributed by atoms with Crippen molar-refractivity contribution in [3.63, 3.8) is 0 Å². The van der Waals surface area contributed by atoms with Crippen molar-refractivity contribution in [1.29, 1.82) is 0 Å². The molecule has 0 aliphatic heterocycles. The third-order valence-electron chi connectivity index (χ3n) is 4.08. The highest BCUT2D eigenvalue weighted by atomic mass is 16.6. The molecule has 188 valence electrons. The van der Waals surface area contributed by atoms with Crippen LogP contribution in [0.4, 0.5) is 21.0 Å². The molecule has 0 aliphatic rings. The molecule has 0 bridgehead atoms. The second-order valence-electron chi connectivity index (χ2n) is 8.02. The quantitative estimate of drug-likeness (QED) is 0.326.